The quantitative estimate of drug-likeness (QED) is 0.906. The van der Waals surface area contributed by atoms with Crippen LogP contribution in [0.2, 0.25) is 0 Å². The third kappa shape index (κ3) is 5.03. The van der Waals surface area contributed by atoms with Crippen LogP contribution < -0.4 is 5.32 Å². The molecular formula is C19H27N3O3. The molecule has 1 atom stereocenters. The van der Waals surface area contributed by atoms with Gasteiger partial charge in [0.2, 0.25) is 5.91 Å². The second-order valence-corrected chi connectivity index (χ2v) is 6.87. The van der Waals surface area contributed by atoms with Gasteiger partial charge in [-0.2, -0.15) is 0 Å². The molecule has 0 radical (unpaired) electrons. The maximum Gasteiger partial charge on any atom is 0.254 e. The van der Waals surface area contributed by atoms with Crippen molar-refractivity contribution in [3.8, 4) is 0 Å². The number of anilines is 1. The highest BCUT2D eigenvalue weighted by atomic mass is 16.5. The van der Waals surface area contributed by atoms with Crippen LogP contribution in [-0.4, -0.2) is 67.0 Å². The van der Waals surface area contributed by atoms with Gasteiger partial charge in [-0.3, -0.25) is 9.59 Å². The van der Waals surface area contributed by atoms with E-state index in [1.54, 1.807) is 24.3 Å². The maximum atomic E-state index is 12.9. The Morgan fingerprint density at radius 2 is 2.00 bits per heavy atom. The van der Waals surface area contributed by atoms with Crippen LogP contribution in [0.15, 0.2) is 24.3 Å². The molecule has 2 fully saturated rings. The standard InChI is InChI=1S/C19H27N3O3/c1-15(23)20-17-7-4-6-16(12-17)19(24)22-10-5-11-25-18(14-22)13-21-8-2-3-9-21/h4,6-7,12,18H,2-3,5,8-11,13-14H2,1H3,(H,20,23)/t18-/m1/s1. The number of likely N-dealkylation sites (tertiary alicyclic amines) is 1. The minimum absolute atomic E-state index is 0.00382. The van der Waals surface area contributed by atoms with Crippen molar-refractivity contribution < 1.29 is 14.3 Å². The lowest BCUT2D eigenvalue weighted by Crippen LogP contribution is -2.41. The number of benzene rings is 1. The molecule has 2 aliphatic rings. The molecule has 3 rings (SSSR count). The predicted molar refractivity (Wildman–Crippen MR) is 96.7 cm³/mol. The largest absolute Gasteiger partial charge is 0.375 e. The number of nitrogens with one attached hydrogen (secondary N) is 1. The van der Waals surface area contributed by atoms with Crippen LogP contribution in [-0.2, 0) is 9.53 Å². The van der Waals surface area contributed by atoms with Gasteiger partial charge in [-0.15, -0.1) is 0 Å². The van der Waals surface area contributed by atoms with Gasteiger partial charge in [-0.05, 0) is 50.6 Å². The summed E-state index contributed by atoms with van der Waals surface area (Å²) in [7, 11) is 0. The van der Waals surface area contributed by atoms with Crippen LogP contribution in [0.4, 0.5) is 5.69 Å². The molecule has 136 valence electrons. The Bertz CT molecular complexity index is 614. The van der Waals surface area contributed by atoms with Crippen LogP contribution in [0.3, 0.4) is 0 Å². The lowest BCUT2D eigenvalue weighted by atomic mass is 10.1. The molecule has 6 heteroatoms. The molecule has 2 aliphatic heterocycles. The Kier molecular flexibility index (Phi) is 6.04. The van der Waals surface area contributed by atoms with E-state index in [-0.39, 0.29) is 17.9 Å². The molecule has 2 saturated heterocycles. The molecule has 0 spiro atoms. The summed E-state index contributed by atoms with van der Waals surface area (Å²) >= 11 is 0. The first kappa shape index (κ1) is 17.9. The molecule has 2 heterocycles. The summed E-state index contributed by atoms with van der Waals surface area (Å²) in [5.41, 5.74) is 1.26. The predicted octanol–water partition coefficient (Wildman–Crippen LogP) is 1.97. The molecule has 25 heavy (non-hydrogen) atoms. The summed E-state index contributed by atoms with van der Waals surface area (Å²) in [5, 5.41) is 2.73. The van der Waals surface area contributed by atoms with Crippen LogP contribution >= 0.6 is 0 Å². The number of carbonyl (C=O) groups is 2. The van der Waals surface area contributed by atoms with E-state index in [4.69, 9.17) is 4.74 Å². The third-order valence-electron chi connectivity index (χ3n) is 4.73. The van der Waals surface area contributed by atoms with Gasteiger partial charge in [0.25, 0.3) is 5.91 Å². The zero-order valence-corrected chi connectivity index (χ0v) is 14.9. The Morgan fingerprint density at radius 3 is 2.76 bits per heavy atom. The molecule has 6 nitrogen and oxygen atoms in total. The Hall–Kier alpha value is -1.92. The van der Waals surface area contributed by atoms with Crippen molar-refractivity contribution in [2.45, 2.75) is 32.3 Å². The number of hydrogen-bond donors (Lipinski definition) is 1. The molecular weight excluding hydrogens is 318 g/mol. The number of carbonyl (C=O) groups excluding carboxylic acids is 2. The van der Waals surface area contributed by atoms with Crippen molar-refractivity contribution in [2.75, 3.05) is 44.6 Å². The van der Waals surface area contributed by atoms with Gasteiger partial charge in [-0.1, -0.05) is 6.07 Å². The molecule has 2 amide bonds. The van der Waals surface area contributed by atoms with Gasteiger partial charge in [0, 0.05) is 44.4 Å². The van der Waals surface area contributed by atoms with E-state index in [1.807, 2.05) is 4.90 Å². The van der Waals surface area contributed by atoms with Gasteiger partial charge >= 0.3 is 0 Å². The number of hydrogen-bond acceptors (Lipinski definition) is 4. The van der Waals surface area contributed by atoms with Gasteiger partial charge < -0.3 is 19.9 Å². The van der Waals surface area contributed by atoms with Gasteiger partial charge in [-0.25, -0.2) is 0 Å². The molecule has 1 N–H and O–H groups in total. The van der Waals surface area contributed by atoms with Crippen molar-refractivity contribution in [1.82, 2.24) is 9.80 Å². The van der Waals surface area contributed by atoms with E-state index < -0.39 is 0 Å². The highest BCUT2D eigenvalue weighted by molar-refractivity contribution is 5.96. The molecule has 0 aliphatic carbocycles. The summed E-state index contributed by atoms with van der Waals surface area (Å²) in [6, 6.07) is 7.13. The normalized spacial score (nSPS) is 21.8. The fourth-order valence-corrected chi connectivity index (χ4v) is 3.56. The van der Waals surface area contributed by atoms with E-state index in [0.29, 0.717) is 30.9 Å². The molecule has 1 aromatic carbocycles. The topological polar surface area (TPSA) is 61.9 Å². The Morgan fingerprint density at radius 1 is 1.20 bits per heavy atom. The first-order chi connectivity index (χ1) is 12.1. The van der Waals surface area contributed by atoms with Crippen molar-refractivity contribution in [3.05, 3.63) is 29.8 Å². The zero-order valence-electron chi connectivity index (χ0n) is 14.9. The summed E-state index contributed by atoms with van der Waals surface area (Å²) < 4.78 is 5.96. The Balaban J connectivity index is 1.66. The zero-order chi connectivity index (χ0) is 17.6. The lowest BCUT2D eigenvalue weighted by Gasteiger charge is -2.27. The monoisotopic (exact) mass is 345 g/mol. The molecule has 0 saturated carbocycles. The Labute approximate surface area is 149 Å². The van der Waals surface area contributed by atoms with E-state index in [1.165, 1.54) is 19.8 Å². The lowest BCUT2D eigenvalue weighted by molar-refractivity contribution is -0.114. The molecule has 0 unspecified atom stereocenters. The average molecular weight is 345 g/mol. The van der Waals surface area contributed by atoms with E-state index in [0.717, 1.165) is 26.1 Å². The van der Waals surface area contributed by atoms with Crippen LogP contribution in [0.25, 0.3) is 0 Å². The molecule has 1 aromatic rings. The van der Waals surface area contributed by atoms with Crippen LogP contribution in [0, 0.1) is 0 Å². The van der Waals surface area contributed by atoms with Crippen molar-refractivity contribution in [2.24, 2.45) is 0 Å². The van der Waals surface area contributed by atoms with Gasteiger partial charge in [0.15, 0.2) is 0 Å². The molecule has 0 aromatic heterocycles. The summed E-state index contributed by atoms with van der Waals surface area (Å²) in [4.78, 5) is 28.5. The smallest absolute Gasteiger partial charge is 0.254 e. The van der Waals surface area contributed by atoms with Crippen molar-refractivity contribution >= 4 is 17.5 Å². The van der Waals surface area contributed by atoms with Crippen molar-refractivity contribution in [1.29, 1.82) is 0 Å². The van der Waals surface area contributed by atoms with E-state index in [9.17, 15) is 9.59 Å². The fourth-order valence-electron chi connectivity index (χ4n) is 3.56. The second-order valence-electron chi connectivity index (χ2n) is 6.87. The SMILES string of the molecule is CC(=O)Nc1cccc(C(=O)N2CCCO[C@H](CN3CCCC3)C2)c1. The second kappa shape index (κ2) is 8.45. The highest BCUT2D eigenvalue weighted by Gasteiger charge is 2.26. The van der Waals surface area contributed by atoms with E-state index in [2.05, 4.69) is 10.2 Å². The number of nitrogens with zero attached hydrogens (tertiary/aromatic N) is 2. The van der Waals surface area contributed by atoms with Crippen molar-refractivity contribution in [3.63, 3.8) is 0 Å². The van der Waals surface area contributed by atoms with Crippen LogP contribution in [0.1, 0.15) is 36.5 Å². The number of amides is 2. The minimum Gasteiger partial charge on any atom is -0.375 e. The first-order valence-electron chi connectivity index (χ1n) is 9.13. The summed E-state index contributed by atoms with van der Waals surface area (Å²) in [5.74, 6) is -0.137. The fraction of sp³-hybridized carbons (Fsp3) is 0.579. The minimum atomic E-state index is -0.140. The maximum absolute atomic E-state index is 12.9. The van der Waals surface area contributed by atoms with Gasteiger partial charge in [0.1, 0.15) is 0 Å². The van der Waals surface area contributed by atoms with Gasteiger partial charge in [0.05, 0.1) is 6.10 Å². The average Bonchev–Trinajstić information content (AvgIpc) is 2.98. The third-order valence-corrected chi connectivity index (χ3v) is 4.73. The number of ether oxygens (including phenoxy) is 1. The summed E-state index contributed by atoms with van der Waals surface area (Å²) in [6.45, 7) is 6.66. The first-order valence-corrected chi connectivity index (χ1v) is 9.13. The van der Waals surface area contributed by atoms with E-state index >= 15 is 0 Å². The number of rotatable bonds is 4. The highest BCUT2D eigenvalue weighted by Crippen LogP contribution is 2.17. The summed E-state index contributed by atoms with van der Waals surface area (Å²) in [6.07, 6.45) is 3.44. The van der Waals surface area contributed by atoms with Crippen LogP contribution in [0.5, 0.6) is 0 Å². The molecule has 0 bridgehead atoms.